The lowest BCUT2D eigenvalue weighted by molar-refractivity contribution is 0.0406. The van der Waals surface area contributed by atoms with Gasteiger partial charge in [0.25, 0.3) is 0 Å². The molecule has 1 aliphatic heterocycles. The molecule has 0 unspecified atom stereocenters. The average molecular weight is 280 g/mol. The maximum Gasteiger partial charge on any atom is 0.118 e. The van der Waals surface area contributed by atoms with Gasteiger partial charge in [-0.05, 0) is 32.9 Å². The summed E-state index contributed by atoms with van der Waals surface area (Å²) in [5.41, 5.74) is 1.31. The number of nitrogens with zero attached hydrogens (tertiary/aromatic N) is 1. The van der Waals surface area contributed by atoms with Crippen LogP contribution < -0.4 is 5.32 Å². The Balaban J connectivity index is 1.91. The molecule has 1 aromatic heterocycles. The largest absolute Gasteiger partial charge is 0.465 e. The highest BCUT2D eigenvalue weighted by Gasteiger charge is 2.20. The number of nitrogens with one attached hydrogen (secondary N) is 1. The van der Waals surface area contributed by atoms with E-state index >= 15 is 0 Å². The highest BCUT2D eigenvalue weighted by atomic mass is 16.5. The molecule has 0 spiro atoms. The summed E-state index contributed by atoms with van der Waals surface area (Å²) in [7, 11) is 2.20. The highest BCUT2D eigenvalue weighted by molar-refractivity contribution is 5.20. The van der Waals surface area contributed by atoms with Crippen molar-refractivity contribution in [2.75, 3.05) is 20.3 Å². The Morgan fingerprint density at radius 3 is 2.70 bits per heavy atom. The first kappa shape index (κ1) is 15.5. The lowest BCUT2D eigenvalue weighted by atomic mass is 10.1. The minimum Gasteiger partial charge on any atom is -0.465 e. The van der Waals surface area contributed by atoms with Crippen molar-refractivity contribution in [3.63, 3.8) is 0 Å². The van der Waals surface area contributed by atoms with Crippen molar-refractivity contribution in [1.82, 2.24) is 10.2 Å². The molecule has 0 bridgehead atoms. The van der Waals surface area contributed by atoms with Crippen LogP contribution in [0.1, 0.15) is 43.8 Å². The summed E-state index contributed by atoms with van der Waals surface area (Å²) in [6.07, 6.45) is 2.27. The van der Waals surface area contributed by atoms with E-state index in [1.165, 1.54) is 5.56 Å². The number of hydrogen-bond acceptors (Lipinski definition) is 4. The second-order valence-electron chi connectivity index (χ2n) is 6.09. The van der Waals surface area contributed by atoms with Crippen LogP contribution in [0, 0.1) is 6.92 Å². The van der Waals surface area contributed by atoms with Crippen LogP contribution in [-0.2, 0) is 17.8 Å². The molecule has 2 heterocycles. The van der Waals surface area contributed by atoms with Gasteiger partial charge in [0.2, 0.25) is 0 Å². The van der Waals surface area contributed by atoms with E-state index in [1.807, 2.05) is 0 Å². The molecule has 0 atom stereocenters. The third-order valence-electron chi connectivity index (χ3n) is 3.99. The molecule has 0 amide bonds. The van der Waals surface area contributed by atoms with Gasteiger partial charge >= 0.3 is 0 Å². The van der Waals surface area contributed by atoms with Crippen molar-refractivity contribution in [2.24, 2.45) is 0 Å². The highest BCUT2D eigenvalue weighted by Crippen LogP contribution is 2.20. The predicted molar refractivity (Wildman–Crippen MR) is 80.7 cm³/mol. The lowest BCUT2D eigenvalue weighted by Gasteiger charge is -2.30. The predicted octanol–water partition coefficient (Wildman–Crippen LogP) is 2.70. The SMILES string of the molecule is Cc1oc(CNC(C)C)cc1CN(C)C1CCOCC1. The molecule has 0 saturated carbocycles. The Bertz CT molecular complexity index is 409. The summed E-state index contributed by atoms with van der Waals surface area (Å²) in [4.78, 5) is 2.43. The maximum absolute atomic E-state index is 5.84. The minimum absolute atomic E-state index is 0.480. The van der Waals surface area contributed by atoms with Gasteiger partial charge in [-0.15, -0.1) is 0 Å². The number of furan rings is 1. The van der Waals surface area contributed by atoms with Gasteiger partial charge in [-0.25, -0.2) is 0 Å². The molecule has 4 nitrogen and oxygen atoms in total. The van der Waals surface area contributed by atoms with E-state index in [-0.39, 0.29) is 0 Å². The van der Waals surface area contributed by atoms with Gasteiger partial charge in [0, 0.05) is 37.4 Å². The summed E-state index contributed by atoms with van der Waals surface area (Å²) in [5.74, 6) is 2.08. The molecule has 0 aromatic carbocycles. The standard InChI is InChI=1S/C16H28N2O2/c1-12(2)17-10-16-9-14(13(3)20-16)11-18(4)15-5-7-19-8-6-15/h9,12,15,17H,5-8,10-11H2,1-4H3. The fourth-order valence-corrected chi connectivity index (χ4v) is 2.66. The number of ether oxygens (including phenoxy) is 1. The monoisotopic (exact) mass is 280 g/mol. The number of hydrogen-bond donors (Lipinski definition) is 1. The molecule has 114 valence electrons. The molecule has 2 rings (SSSR count). The Hall–Kier alpha value is -0.840. The quantitative estimate of drug-likeness (QED) is 0.869. The molecule has 1 aliphatic rings. The van der Waals surface area contributed by atoms with Crippen LogP contribution in [0.3, 0.4) is 0 Å². The summed E-state index contributed by atoms with van der Waals surface area (Å²) < 4.78 is 11.3. The fraction of sp³-hybridized carbons (Fsp3) is 0.750. The maximum atomic E-state index is 5.84. The lowest BCUT2D eigenvalue weighted by Crippen LogP contribution is -2.36. The van der Waals surface area contributed by atoms with E-state index in [0.29, 0.717) is 12.1 Å². The second kappa shape index (κ2) is 7.25. The summed E-state index contributed by atoms with van der Waals surface area (Å²) in [6, 6.07) is 3.31. The van der Waals surface area contributed by atoms with E-state index in [9.17, 15) is 0 Å². The van der Waals surface area contributed by atoms with E-state index in [1.54, 1.807) is 0 Å². The van der Waals surface area contributed by atoms with Gasteiger partial charge in [0.1, 0.15) is 11.5 Å². The van der Waals surface area contributed by atoms with Gasteiger partial charge in [0.15, 0.2) is 0 Å². The number of aryl methyl sites for hydroxylation is 1. The van der Waals surface area contributed by atoms with Gasteiger partial charge in [0.05, 0.1) is 6.54 Å². The first-order valence-corrected chi connectivity index (χ1v) is 7.66. The van der Waals surface area contributed by atoms with Crippen LogP contribution in [0.2, 0.25) is 0 Å². The Morgan fingerprint density at radius 2 is 2.05 bits per heavy atom. The molecule has 0 radical (unpaired) electrons. The van der Waals surface area contributed by atoms with E-state index in [2.05, 4.69) is 44.1 Å². The third kappa shape index (κ3) is 4.33. The van der Waals surface area contributed by atoms with Crippen molar-refractivity contribution in [3.05, 3.63) is 23.2 Å². The van der Waals surface area contributed by atoms with Crippen molar-refractivity contribution in [3.8, 4) is 0 Å². The summed E-state index contributed by atoms with van der Waals surface area (Å²) in [5, 5.41) is 3.40. The molecule has 1 aromatic rings. The van der Waals surface area contributed by atoms with Crippen LogP contribution in [0.5, 0.6) is 0 Å². The van der Waals surface area contributed by atoms with Crippen LogP contribution in [0.15, 0.2) is 10.5 Å². The van der Waals surface area contributed by atoms with Gasteiger partial charge in [-0.1, -0.05) is 13.8 Å². The molecule has 1 fully saturated rings. The number of rotatable bonds is 6. The van der Waals surface area contributed by atoms with Crippen LogP contribution >= 0.6 is 0 Å². The van der Waals surface area contributed by atoms with E-state index in [0.717, 1.165) is 50.7 Å². The zero-order valence-corrected chi connectivity index (χ0v) is 13.2. The Kier molecular flexibility index (Phi) is 5.64. The molecule has 4 heteroatoms. The summed E-state index contributed by atoms with van der Waals surface area (Å²) in [6.45, 7) is 9.91. The van der Waals surface area contributed by atoms with Crippen molar-refractivity contribution in [1.29, 1.82) is 0 Å². The third-order valence-corrected chi connectivity index (χ3v) is 3.99. The van der Waals surface area contributed by atoms with Crippen LogP contribution in [0.4, 0.5) is 0 Å². The van der Waals surface area contributed by atoms with Gasteiger partial charge in [-0.2, -0.15) is 0 Å². The van der Waals surface area contributed by atoms with Crippen molar-refractivity contribution < 1.29 is 9.15 Å². The Labute approximate surface area is 122 Å². The zero-order chi connectivity index (χ0) is 14.5. The minimum atomic E-state index is 0.480. The topological polar surface area (TPSA) is 37.6 Å². The molecular formula is C16H28N2O2. The molecule has 1 N–H and O–H groups in total. The summed E-state index contributed by atoms with van der Waals surface area (Å²) >= 11 is 0. The Morgan fingerprint density at radius 1 is 1.35 bits per heavy atom. The first-order valence-electron chi connectivity index (χ1n) is 7.66. The molecule has 1 saturated heterocycles. The fourth-order valence-electron chi connectivity index (χ4n) is 2.66. The normalized spacial score (nSPS) is 17.3. The van der Waals surface area contributed by atoms with Crippen molar-refractivity contribution in [2.45, 2.75) is 58.8 Å². The second-order valence-corrected chi connectivity index (χ2v) is 6.09. The van der Waals surface area contributed by atoms with Crippen molar-refractivity contribution >= 4 is 0 Å². The molecular weight excluding hydrogens is 252 g/mol. The first-order chi connectivity index (χ1) is 9.56. The van der Waals surface area contributed by atoms with E-state index < -0.39 is 0 Å². The van der Waals surface area contributed by atoms with Crippen LogP contribution in [0.25, 0.3) is 0 Å². The average Bonchev–Trinajstić information content (AvgIpc) is 2.78. The van der Waals surface area contributed by atoms with E-state index in [4.69, 9.17) is 9.15 Å². The molecule has 20 heavy (non-hydrogen) atoms. The van der Waals surface area contributed by atoms with Gasteiger partial charge in [-0.3, -0.25) is 4.90 Å². The van der Waals surface area contributed by atoms with Gasteiger partial charge < -0.3 is 14.5 Å². The molecule has 0 aliphatic carbocycles. The van der Waals surface area contributed by atoms with Crippen LogP contribution in [-0.4, -0.2) is 37.2 Å². The smallest absolute Gasteiger partial charge is 0.118 e. The zero-order valence-electron chi connectivity index (χ0n) is 13.2.